The van der Waals surface area contributed by atoms with Crippen LogP contribution in [0.4, 0.5) is 0 Å². The van der Waals surface area contributed by atoms with Gasteiger partial charge in [0.1, 0.15) is 10.6 Å². The van der Waals surface area contributed by atoms with Gasteiger partial charge in [-0.3, -0.25) is 0 Å². The second-order valence-corrected chi connectivity index (χ2v) is 6.32. The predicted octanol–water partition coefficient (Wildman–Crippen LogP) is 2.18. The van der Waals surface area contributed by atoms with Crippen molar-refractivity contribution < 1.29 is 13.2 Å². The maximum Gasteiger partial charge on any atom is 0.244 e. The molecule has 0 fully saturated rings. The smallest absolute Gasteiger partial charge is 0.244 e. The average molecular weight is 328 g/mol. The second kappa shape index (κ2) is 6.38. The Bertz CT molecular complexity index is 720. The molecule has 112 valence electrons. The highest BCUT2D eigenvalue weighted by Gasteiger charge is 2.21. The van der Waals surface area contributed by atoms with Gasteiger partial charge in [-0.15, -0.1) is 0 Å². The Morgan fingerprint density at radius 2 is 1.86 bits per heavy atom. The summed E-state index contributed by atoms with van der Waals surface area (Å²) >= 11 is 5.55. The third-order valence-corrected chi connectivity index (χ3v) is 4.53. The third kappa shape index (κ3) is 3.69. The fourth-order valence-corrected chi connectivity index (χ4v) is 3.04. The van der Waals surface area contributed by atoms with Crippen LogP contribution in [0.2, 0.25) is 5.28 Å². The SMILES string of the molecule is COc1ccccc1C(C)NS(=O)(=O)c1cnc(Cl)nc1. The Morgan fingerprint density at radius 1 is 1.24 bits per heavy atom. The number of para-hydroxylation sites is 1. The van der Waals surface area contributed by atoms with E-state index in [-0.39, 0.29) is 10.2 Å². The Hall–Kier alpha value is -1.70. The molecule has 8 heteroatoms. The Kier molecular flexibility index (Phi) is 4.76. The van der Waals surface area contributed by atoms with Crippen molar-refractivity contribution in [3.8, 4) is 5.75 Å². The zero-order valence-corrected chi connectivity index (χ0v) is 13.0. The first-order chi connectivity index (χ1) is 9.94. The number of hydrogen-bond donors (Lipinski definition) is 1. The normalized spacial score (nSPS) is 12.9. The molecular weight excluding hydrogens is 314 g/mol. The molecule has 21 heavy (non-hydrogen) atoms. The quantitative estimate of drug-likeness (QED) is 0.851. The van der Waals surface area contributed by atoms with Crippen LogP contribution in [0.15, 0.2) is 41.6 Å². The largest absolute Gasteiger partial charge is 0.496 e. The summed E-state index contributed by atoms with van der Waals surface area (Å²) in [6, 6.07) is 6.72. The van der Waals surface area contributed by atoms with Crippen molar-refractivity contribution in [1.29, 1.82) is 0 Å². The van der Waals surface area contributed by atoms with Gasteiger partial charge in [0.2, 0.25) is 15.3 Å². The molecule has 0 saturated carbocycles. The molecule has 0 spiro atoms. The van der Waals surface area contributed by atoms with Gasteiger partial charge in [-0.2, -0.15) is 0 Å². The molecule has 0 bridgehead atoms. The first-order valence-corrected chi connectivity index (χ1v) is 7.93. The van der Waals surface area contributed by atoms with E-state index in [0.29, 0.717) is 5.75 Å². The summed E-state index contributed by atoms with van der Waals surface area (Å²) < 4.78 is 32.3. The van der Waals surface area contributed by atoms with Crippen LogP contribution in [0.25, 0.3) is 0 Å². The van der Waals surface area contributed by atoms with Gasteiger partial charge in [0.15, 0.2) is 0 Å². The fourth-order valence-electron chi connectivity index (χ4n) is 1.83. The number of methoxy groups -OCH3 is 1. The summed E-state index contributed by atoms with van der Waals surface area (Å²) in [6.45, 7) is 1.73. The van der Waals surface area contributed by atoms with Gasteiger partial charge in [0.05, 0.1) is 19.5 Å². The van der Waals surface area contributed by atoms with Crippen LogP contribution < -0.4 is 9.46 Å². The molecule has 1 N–H and O–H groups in total. The lowest BCUT2D eigenvalue weighted by molar-refractivity contribution is 0.405. The summed E-state index contributed by atoms with van der Waals surface area (Å²) in [7, 11) is -2.20. The molecular formula is C13H14ClN3O3S. The molecule has 2 rings (SSSR count). The lowest BCUT2D eigenvalue weighted by Gasteiger charge is -2.17. The molecule has 0 aliphatic heterocycles. The zero-order chi connectivity index (χ0) is 15.5. The monoisotopic (exact) mass is 327 g/mol. The van der Waals surface area contributed by atoms with E-state index in [9.17, 15) is 8.42 Å². The van der Waals surface area contributed by atoms with Gasteiger partial charge in [0.25, 0.3) is 0 Å². The number of nitrogens with one attached hydrogen (secondary N) is 1. The molecule has 2 aromatic rings. The van der Waals surface area contributed by atoms with Gasteiger partial charge in [-0.25, -0.2) is 23.1 Å². The maximum absolute atomic E-state index is 12.3. The molecule has 0 amide bonds. The summed E-state index contributed by atoms with van der Waals surface area (Å²) in [6.07, 6.45) is 2.32. The van der Waals surface area contributed by atoms with Crippen LogP contribution in [0.5, 0.6) is 5.75 Å². The Balaban J connectivity index is 2.25. The lowest BCUT2D eigenvalue weighted by Crippen LogP contribution is -2.27. The van der Waals surface area contributed by atoms with Crippen molar-refractivity contribution in [2.45, 2.75) is 17.9 Å². The van der Waals surface area contributed by atoms with E-state index < -0.39 is 16.1 Å². The van der Waals surface area contributed by atoms with Crippen molar-refractivity contribution in [1.82, 2.24) is 14.7 Å². The number of aromatic nitrogens is 2. The summed E-state index contributed by atoms with van der Waals surface area (Å²) in [5.74, 6) is 0.611. The third-order valence-electron chi connectivity index (χ3n) is 2.84. The van der Waals surface area contributed by atoms with Crippen molar-refractivity contribution >= 4 is 21.6 Å². The van der Waals surface area contributed by atoms with Crippen LogP contribution in [0, 0.1) is 0 Å². The molecule has 0 aliphatic rings. The summed E-state index contributed by atoms with van der Waals surface area (Å²) in [5, 5.41) is -0.00766. The van der Waals surface area contributed by atoms with Crippen LogP contribution in [-0.4, -0.2) is 25.5 Å². The molecule has 0 saturated heterocycles. The molecule has 0 aliphatic carbocycles. The van der Waals surface area contributed by atoms with Gasteiger partial charge >= 0.3 is 0 Å². The molecule has 0 radical (unpaired) electrons. The highest BCUT2D eigenvalue weighted by Crippen LogP contribution is 2.25. The first kappa shape index (κ1) is 15.7. The minimum absolute atomic E-state index is 0.00766. The number of ether oxygens (including phenoxy) is 1. The van der Waals surface area contributed by atoms with E-state index in [0.717, 1.165) is 18.0 Å². The maximum atomic E-state index is 12.3. The van der Waals surface area contributed by atoms with Crippen LogP contribution >= 0.6 is 11.6 Å². The number of benzene rings is 1. The molecule has 1 aromatic heterocycles. The van der Waals surface area contributed by atoms with Crippen molar-refractivity contribution in [2.24, 2.45) is 0 Å². The van der Waals surface area contributed by atoms with Crippen molar-refractivity contribution in [2.75, 3.05) is 7.11 Å². The standard InChI is InChI=1S/C13H14ClN3O3S/c1-9(11-5-3-4-6-12(11)20-2)17-21(18,19)10-7-15-13(14)16-8-10/h3-9,17H,1-2H3. The molecule has 1 heterocycles. The average Bonchev–Trinajstić information content (AvgIpc) is 2.47. The van der Waals surface area contributed by atoms with Gasteiger partial charge in [-0.1, -0.05) is 18.2 Å². The minimum Gasteiger partial charge on any atom is -0.496 e. The highest BCUT2D eigenvalue weighted by molar-refractivity contribution is 7.89. The first-order valence-electron chi connectivity index (χ1n) is 6.07. The summed E-state index contributed by atoms with van der Waals surface area (Å²) in [5.41, 5.74) is 0.735. The molecule has 1 atom stereocenters. The molecule has 1 unspecified atom stereocenters. The van der Waals surface area contributed by atoms with E-state index in [4.69, 9.17) is 16.3 Å². The zero-order valence-electron chi connectivity index (χ0n) is 11.4. The van der Waals surface area contributed by atoms with E-state index >= 15 is 0 Å². The van der Waals surface area contributed by atoms with Crippen LogP contribution in [0.1, 0.15) is 18.5 Å². The van der Waals surface area contributed by atoms with Crippen molar-refractivity contribution in [3.63, 3.8) is 0 Å². The fraction of sp³-hybridized carbons (Fsp3) is 0.231. The second-order valence-electron chi connectivity index (χ2n) is 4.27. The van der Waals surface area contributed by atoms with Gasteiger partial charge in [-0.05, 0) is 24.6 Å². The van der Waals surface area contributed by atoms with Gasteiger partial charge < -0.3 is 4.74 Å². The number of hydrogen-bond acceptors (Lipinski definition) is 5. The van der Waals surface area contributed by atoms with E-state index in [1.807, 2.05) is 12.1 Å². The number of halogens is 1. The Labute approximate surface area is 128 Å². The number of sulfonamides is 1. The van der Waals surface area contributed by atoms with E-state index in [2.05, 4.69) is 14.7 Å². The van der Waals surface area contributed by atoms with Crippen LogP contribution in [0.3, 0.4) is 0 Å². The molecule has 6 nitrogen and oxygen atoms in total. The highest BCUT2D eigenvalue weighted by atomic mass is 35.5. The topological polar surface area (TPSA) is 81.2 Å². The lowest BCUT2D eigenvalue weighted by atomic mass is 10.1. The van der Waals surface area contributed by atoms with E-state index in [1.54, 1.807) is 19.1 Å². The number of nitrogens with zero attached hydrogens (tertiary/aromatic N) is 2. The predicted molar refractivity (Wildman–Crippen MR) is 78.8 cm³/mol. The molecule has 1 aromatic carbocycles. The minimum atomic E-state index is -3.74. The van der Waals surface area contributed by atoms with Crippen molar-refractivity contribution in [3.05, 3.63) is 47.5 Å². The Morgan fingerprint density at radius 3 is 2.48 bits per heavy atom. The van der Waals surface area contributed by atoms with Gasteiger partial charge in [0, 0.05) is 11.6 Å². The summed E-state index contributed by atoms with van der Waals surface area (Å²) in [4.78, 5) is 7.29. The van der Waals surface area contributed by atoms with E-state index in [1.165, 1.54) is 7.11 Å². The van der Waals surface area contributed by atoms with Crippen LogP contribution in [-0.2, 0) is 10.0 Å². The number of rotatable bonds is 5.